The molecular weight excluding hydrogens is 316 g/mol. The molecule has 122 valence electrons. The molecule has 0 aliphatic heterocycles. The van der Waals surface area contributed by atoms with Crippen molar-refractivity contribution in [2.24, 2.45) is 0 Å². The number of carbonyl (C=O) groups excluding carboxylic acids is 1. The lowest BCUT2D eigenvalue weighted by atomic mass is 10.1. The SMILES string of the molecule is O=C(Nc1ccc(-n2ccnc2)cc1)c1cc(=O)[nH]c2ccccc12. The van der Waals surface area contributed by atoms with Gasteiger partial charge in [-0.1, -0.05) is 18.2 Å². The van der Waals surface area contributed by atoms with E-state index in [1.807, 2.05) is 53.2 Å². The van der Waals surface area contributed by atoms with Crippen LogP contribution in [0.2, 0.25) is 0 Å². The Labute approximate surface area is 142 Å². The standard InChI is InChI=1S/C19H14N4O2/c24-18-11-16(15-3-1-2-4-17(15)22-18)19(25)21-13-5-7-14(8-6-13)23-10-9-20-12-23/h1-12H,(H,21,25)(H,22,24). The first-order valence-electron chi connectivity index (χ1n) is 7.72. The number of imidazole rings is 1. The fraction of sp³-hybridized carbons (Fsp3) is 0. The summed E-state index contributed by atoms with van der Waals surface area (Å²) in [4.78, 5) is 31.1. The molecule has 6 heteroatoms. The molecule has 0 fully saturated rings. The van der Waals surface area contributed by atoms with E-state index in [-0.39, 0.29) is 11.5 Å². The molecule has 0 unspecified atom stereocenters. The molecular formula is C19H14N4O2. The quantitative estimate of drug-likeness (QED) is 0.606. The fourth-order valence-corrected chi connectivity index (χ4v) is 2.72. The first kappa shape index (κ1) is 14.9. The van der Waals surface area contributed by atoms with Gasteiger partial charge in [0.15, 0.2) is 0 Å². The topological polar surface area (TPSA) is 79.8 Å². The maximum Gasteiger partial charge on any atom is 0.256 e. The van der Waals surface area contributed by atoms with E-state index in [2.05, 4.69) is 15.3 Å². The van der Waals surface area contributed by atoms with Gasteiger partial charge in [0.2, 0.25) is 5.56 Å². The van der Waals surface area contributed by atoms with Gasteiger partial charge in [0.05, 0.1) is 11.9 Å². The number of anilines is 1. The van der Waals surface area contributed by atoms with E-state index >= 15 is 0 Å². The summed E-state index contributed by atoms with van der Waals surface area (Å²) in [7, 11) is 0. The number of H-pyrrole nitrogens is 1. The highest BCUT2D eigenvalue weighted by molar-refractivity contribution is 6.12. The molecule has 2 aromatic heterocycles. The molecule has 0 saturated carbocycles. The lowest BCUT2D eigenvalue weighted by molar-refractivity contribution is 0.102. The van der Waals surface area contributed by atoms with Crippen LogP contribution in [0.5, 0.6) is 0 Å². The molecule has 0 saturated heterocycles. The van der Waals surface area contributed by atoms with Gasteiger partial charge in [0.1, 0.15) is 0 Å². The Hall–Kier alpha value is -3.67. The van der Waals surface area contributed by atoms with Crippen LogP contribution < -0.4 is 10.9 Å². The van der Waals surface area contributed by atoms with Crippen molar-refractivity contribution >= 4 is 22.5 Å². The zero-order valence-electron chi connectivity index (χ0n) is 13.1. The number of benzene rings is 2. The molecule has 0 aliphatic carbocycles. The summed E-state index contributed by atoms with van der Waals surface area (Å²) in [5, 5.41) is 3.54. The molecule has 2 N–H and O–H groups in total. The molecule has 0 bridgehead atoms. The number of para-hydroxylation sites is 1. The summed E-state index contributed by atoms with van der Waals surface area (Å²) in [6.07, 6.45) is 5.25. The summed E-state index contributed by atoms with van der Waals surface area (Å²) in [6, 6.07) is 15.9. The molecule has 0 atom stereocenters. The van der Waals surface area contributed by atoms with E-state index in [1.165, 1.54) is 6.07 Å². The molecule has 2 aromatic carbocycles. The number of hydrogen-bond acceptors (Lipinski definition) is 3. The van der Waals surface area contributed by atoms with Crippen molar-refractivity contribution in [3.63, 3.8) is 0 Å². The summed E-state index contributed by atoms with van der Waals surface area (Å²) < 4.78 is 1.87. The molecule has 4 aromatic rings. The Bertz CT molecular complexity index is 1100. The van der Waals surface area contributed by atoms with Gasteiger partial charge in [-0.15, -0.1) is 0 Å². The molecule has 4 rings (SSSR count). The Balaban J connectivity index is 1.63. The van der Waals surface area contributed by atoms with Crippen molar-refractivity contribution in [3.8, 4) is 5.69 Å². The minimum Gasteiger partial charge on any atom is -0.322 e. The number of nitrogens with one attached hydrogen (secondary N) is 2. The van der Waals surface area contributed by atoms with Crippen LogP contribution >= 0.6 is 0 Å². The van der Waals surface area contributed by atoms with E-state index in [4.69, 9.17) is 0 Å². The average Bonchev–Trinajstić information content (AvgIpc) is 3.16. The maximum absolute atomic E-state index is 12.6. The predicted octanol–water partition coefficient (Wildman–Crippen LogP) is 2.97. The molecule has 6 nitrogen and oxygen atoms in total. The van der Waals surface area contributed by atoms with Crippen LogP contribution in [0.1, 0.15) is 10.4 Å². The first-order chi connectivity index (χ1) is 12.2. The van der Waals surface area contributed by atoms with Crippen LogP contribution in [0.4, 0.5) is 5.69 Å². The van der Waals surface area contributed by atoms with Crippen LogP contribution in [-0.4, -0.2) is 20.4 Å². The Morgan fingerprint density at radius 2 is 1.88 bits per heavy atom. The second kappa shape index (κ2) is 6.09. The van der Waals surface area contributed by atoms with Crippen LogP contribution in [0.3, 0.4) is 0 Å². The first-order valence-corrected chi connectivity index (χ1v) is 7.72. The number of rotatable bonds is 3. The van der Waals surface area contributed by atoms with Crippen molar-refractivity contribution in [1.82, 2.24) is 14.5 Å². The van der Waals surface area contributed by atoms with Crippen molar-refractivity contribution in [2.45, 2.75) is 0 Å². The van der Waals surface area contributed by atoms with E-state index in [9.17, 15) is 9.59 Å². The third-order valence-corrected chi connectivity index (χ3v) is 3.92. The summed E-state index contributed by atoms with van der Waals surface area (Å²) >= 11 is 0. The van der Waals surface area contributed by atoms with Crippen LogP contribution in [0.15, 0.2) is 78.1 Å². The Morgan fingerprint density at radius 1 is 1.08 bits per heavy atom. The zero-order valence-corrected chi connectivity index (χ0v) is 13.1. The van der Waals surface area contributed by atoms with Gasteiger partial charge in [0.25, 0.3) is 5.91 Å². The highest BCUT2D eigenvalue weighted by atomic mass is 16.2. The Kier molecular flexibility index (Phi) is 3.63. The monoisotopic (exact) mass is 330 g/mol. The van der Waals surface area contributed by atoms with Gasteiger partial charge >= 0.3 is 0 Å². The van der Waals surface area contributed by atoms with Gasteiger partial charge in [-0.05, 0) is 30.3 Å². The van der Waals surface area contributed by atoms with Crippen LogP contribution in [0.25, 0.3) is 16.6 Å². The second-order valence-corrected chi connectivity index (χ2v) is 5.56. The minimum atomic E-state index is -0.322. The van der Waals surface area contributed by atoms with Crippen LogP contribution in [-0.2, 0) is 0 Å². The van der Waals surface area contributed by atoms with Gasteiger partial charge in [0, 0.05) is 40.7 Å². The fourth-order valence-electron chi connectivity index (χ4n) is 2.72. The molecule has 0 spiro atoms. The lowest BCUT2D eigenvalue weighted by Crippen LogP contribution is -2.16. The number of fused-ring (bicyclic) bond motifs is 1. The zero-order chi connectivity index (χ0) is 17.2. The van der Waals surface area contributed by atoms with Crippen molar-refractivity contribution in [2.75, 3.05) is 5.32 Å². The van der Waals surface area contributed by atoms with Gasteiger partial charge < -0.3 is 14.9 Å². The normalized spacial score (nSPS) is 10.7. The number of carbonyl (C=O) groups is 1. The number of nitrogens with zero attached hydrogens (tertiary/aromatic N) is 2. The molecule has 1 amide bonds. The van der Waals surface area contributed by atoms with E-state index < -0.39 is 0 Å². The average molecular weight is 330 g/mol. The van der Waals surface area contributed by atoms with Gasteiger partial charge in [-0.2, -0.15) is 0 Å². The van der Waals surface area contributed by atoms with E-state index in [0.29, 0.717) is 22.2 Å². The molecule has 0 radical (unpaired) electrons. The van der Waals surface area contributed by atoms with E-state index in [1.54, 1.807) is 18.6 Å². The van der Waals surface area contributed by atoms with Crippen LogP contribution in [0, 0.1) is 0 Å². The van der Waals surface area contributed by atoms with Crippen molar-refractivity contribution in [1.29, 1.82) is 0 Å². The molecule has 0 aliphatic rings. The third-order valence-electron chi connectivity index (χ3n) is 3.92. The molecule has 2 heterocycles. The number of aromatic nitrogens is 3. The number of hydrogen-bond donors (Lipinski definition) is 2. The minimum absolute atomic E-state index is 0.306. The summed E-state index contributed by atoms with van der Waals surface area (Å²) in [6.45, 7) is 0. The lowest BCUT2D eigenvalue weighted by Gasteiger charge is -2.09. The predicted molar refractivity (Wildman–Crippen MR) is 96.1 cm³/mol. The Morgan fingerprint density at radius 3 is 2.64 bits per heavy atom. The summed E-state index contributed by atoms with van der Waals surface area (Å²) in [5.41, 5.74) is 2.27. The van der Waals surface area contributed by atoms with Gasteiger partial charge in [-0.25, -0.2) is 4.98 Å². The second-order valence-electron chi connectivity index (χ2n) is 5.56. The smallest absolute Gasteiger partial charge is 0.256 e. The highest BCUT2D eigenvalue weighted by Gasteiger charge is 2.12. The number of amides is 1. The van der Waals surface area contributed by atoms with Crippen molar-refractivity contribution < 1.29 is 4.79 Å². The van der Waals surface area contributed by atoms with Gasteiger partial charge in [-0.3, -0.25) is 9.59 Å². The molecule has 25 heavy (non-hydrogen) atoms. The summed E-state index contributed by atoms with van der Waals surface area (Å²) in [5.74, 6) is -0.322. The maximum atomic E-state index is 12.6. The number of pyridine rings is 1. The van der Waals surface area contributed by atoms with E-state index in [0.717, 1.165) is 5.69 Å². The highest BCUT2D eigenvalue weighted by Crippen LogP contribution is 2.18. The number of aromatic amines is 1. The van der Waals surface area contributed by atoms with Crippen molar-refractivity contribution in [3.05, 3.63) is 89.2 Å². The largest absolute Gasteiger partial charge is 0.322 e. The third kappa shape index (κ3) is 2.92.